The van der Waals surface area contributed by atoms with Crippen molar-refractivity contribution in [2.24, 2.45) is 0 Å². The number of ether oxygens (including phenoxy) is 2. The standard InChI is InChI=1S/C21H29N3O4/c1-14-11-24(12-15(2)27-14)10-9-22-21(25)18-5-7-19(8-6-18)26-13-20-16(3)23-28-17(20)4/h5-8,14-15H,9-13H2,1-4H3,(H,22,25)/t14-,15-/m0/s1. The van der Waals surface area contributed by atoms with Crippen molar-refractivity contribution in [2.75, 3.05) is 26.2 Å². The van der Waals surface area contributed by atoms with Crippen molar-refractivity contribution in [3.63, 3.8) is 0 Å². The van der Waals surface area contributed by atoms with Crippen LogP contribution in [0.2, 0.25) is 0 Å². The Bertz CT molecular complexity index is 758. The fourth-order valence-corrected chi connectivity index (χ4v) is 3.46. The van der Waals surface area contributed by atoms with E-state index in [4.69, 9.17) is 14.0 Å². The topological polar surface area (TPSA) is 76.8 Å². The van der Waals surface area contributed by atoms with Gasteiger partial charge in [0.25, 0.3) is 5.91 Å². The van der Waals surface area contributed by atoms with Crippen LogP contribution < -0.4 is 10.1 Å². The molecule has 1 aliphatic rings. The van der Waals surface area contributed by atoms with Crippen molar-refractivity contribution in [3.05, 3.63) is 46.8 Å². The van der Waals surface area contributed by atoms with Gasteiger partial charge in [-0.1, -0.05) is 5.16 Å². The highest BCUT2D eigenvalue weighted by Crippen LogP contribution is 2.18. The van der Waals surface area contributed by atoms with E-state index in [0.717, 1.165) is 36.7 Å². The van der Waals surface area contributed by atoms with Crippen molar-refractivity contribution in [1.82, 2.24) is 15.4 Å². The van der Waals surface area contributed by atoms with Crippen LogP contribution in [0.5, 0.6) is 5.75 Å². The van der Waals surface area contributed by atoms with E-state index in [1.165, 1.54) is 0 Å². The monoisotopic (exact) mass is 387 g/mol. The normalized spacial score (nSPS) is 20.1. The largest absolute Gasteiger partial charge is 0.489 e. The lowest BCUT2D eigenvalue weighted by Crippen LogP contribution is -2.47. The number of hydrogen-bond donors (Lipinski definition) is 1. The number of aryl methyl sites for hydroxylation is 2. The van der Waals surface area contributed by atoms with Gasteiger partial charge in [0.2, 0.25) is 0 Å². The van der Waals surface area contributed by atoms with Gasteiger partial charge in [0.15, 0.2) is 0 Å². The van der Waals surface area contributed by atoms with Gasteiger partial charge in [-0.2, -0.15) is 0 Å². The van der Waals surface area contributed by atoms with Crippen molar-refractivity contribution < 1.29 is 18.8 Å². The maximum Gasteiger partial charge on any atom is 0.251 e. The third kappa shape index (κ3) is 5.33. The zero-order valence-electron chi connectivity index (χ0n) is 17.0. The predicted octanol–water partition coefficient (Wildman–Crippen LogP) is 2.71. The lowest BCUT2D eigenvalue weighted by molar-refractivity contribution is -0.0672. The summed E-state index contributed by atoms with van der Waals surface area (Å²) in [6, 6.07) is 7.16. The molecule has 3 rings (SSSR count). The zero-order valence-corrected chi connectivity index (χ0v) is 17.0. The molecular weight excluding hydrogens is 358 g/mol. The Morgan fingerprint density at radius 2 is 1.89 bits per heavy atom. The Kier molecular flexibility index (Phi) is 6.70. The van der Waals surface area contributed by atoms with Crippen molar-refractivity contribution in [3.8, 4) is 5.75 Å². The molecule has 1 saturated heterocycles. The second-order valence-corrected chi connectivity index (χ2v) is 7.39. The summed E-state index contributed by atoms with van der Waals surface area (Å²) >= 11 is 0. The van der Waals surface area contributed by atoms with Gasteiger partial charge in [0.05, 0.1) is 23.5 Å². The smallest absolute Gasteiger partial charge is 0.251 e. The molecule has 1 aromatic carbocycles. The third-order valence-electron chi connectivity index (χ3n) is 4.89. The van der Waals surface area contributed by atoms with E-state index in [1.54, 1.807) is 24.3 Å². The molecule has 0 aliphatic carbocycles. The average molecular weight is 387 g/mol. The van der Waals surface area contributed by atoms with E-state index in [2.05, 4.69) is 29.2 Å². The Morgan fingerprint density at radius 3 is 2.50 bits per heavy atom. The van der Waals surface area contributed by atoms with E-state index < -0.39 is 0 Å². The van der Waals surface area contributed by atoms with Gasteiger partial charge < -0.3 is 19.3 Å². The molecule has 152 valence electrons. The highest BCUT2D eigenvalue weighted by atomic mass is 16.5. The van der Waals surface area contributed by atoms with Crippen molar-refractivity contribution in [1.29, 1.82) is 0 Å². The number of nitrogens with one attached hydrogen (secondary N) is 1. The van der Waals surface area contributed by atoms with E-state index in [1.807, 2.05) is 13.8 Å². The molecule has 28 heavy (non-hydrogen) atoms. The first-order chi connectivity index (χ1) is 13.4. The summed E-state index contributed by atoms with van der Waals surface area (Å²) in [5, 5.41) is 6.90. The second-order valence-electron chi connectivity index (χ2n) is 7.39. The van der Waals surface area contributed by atoms with Gasteiger partial charge >= 0.3 is 0 Å². The fourth-order valence-electron chi connectivity index (χ4n) is 3.46. The van der Waals surface area contributed by atoms with Crippen LogP contribution >= 0.6 is 0 Å². The van der Waals surface area contributed by atoms with Crippen LogP contribution in [-0.2, 0) is 11.3 Å². The number of hydrogen-bond acceptors (Lipinski definition) is 6. The fraction of sp³-hybridized carbons (Fsp3) is 0.524. The first kappa shape index (κ1) is 20.4. The number of carbonyl (C=O) groups is 1. The Morgan fingerprint density at radius 1 is 1.21 bits per heavy atom. The Labute approximate surface area is 166 Å². The Hall–Kier alpha value is -2.38. The molecule has 7 nitrogen and oxygen atoms in total. The molecule has 1 N–H and O–H groups in total. The number of rotatable bonds is 7. The number of benzene rings is 1. The molecule has 0 radical (unpaired) electrons. The maximum absolute atomic E-state index is 12.3. The summed E-state index contributed by atoms with van der Waals surface area (Å²) in [7, 11) is 0. The Balaban J connectivity index is 1.44. The van der Waals surface area contributed by atoms with Crippen LogP contribution in [-0.4, -0.2) is 54.4 Å². The van der Waals surface area contributed by atoms with E-state index in [0.29, 0.717) is 24.5 Å². The molecule has 1 fully saturated rings. The van der Waals surface area contributed by atoms with Crippen LogP contribution in [0, 0.1) is 13.8 Å². The van der Waals surface area contributed by atoms with E-state index in [9.17, 15) is 4.79 Å². The molecule has 2 aromatic rings. The number of carbonyl (C=O) groups excluding carboxylic acids is 1. The highest BCUT2D eigenvalue weighted by Gasteiger charge is 2.21. The second kappa shape index (κ2) is 9.21. The van der Waals surface area contributed by atoms with Gasteiger partial charge in [-0.25, -0.2) is 0 Å². The number of aromatic nitrogens is 1. The van der Waals surface area contributed by atoms with Gasteiger partial charge in [-0.15, -0.1) is 0 Å². The van der Waals surface area contributed by atoms with Gasteiger partial charge in [-0.05, 0) is 52.0 Å². The molecule has 0 spiro atoms. The minimum atomic E-state index is -0.0772. The van der Waals surface area contributed by atoms with Crippen LogP contribution in [0.1, 0.15) is 41.2 Å². The third-order valence-corrected chi connectivity index (χ3v) is 4.89. The van der Waals surface area contributed by atoms with E-state index >= 15 is 0 Å². The molecule has 1 aromatic heterocycles. The van der Waals surface area contributed by atoms with Crippen LogP contribution in [0.25, 0.3) is 0 Å². The molecule has 2 heterocycles. The molecule has 0 bridgehead atoms. The summed E-state index contributed by atoms with van der Waals surface area (Å²) in [5.41, 5.74) is 2.40. The zero-order chi connectivity index (χ0) is 20.1. The van der Waals surface area contributed by atoms with Crippen molar-refractivity contribution in [2.45, 2.75) is 46.5 Å². The summed E-state index contributed by atoms with van der Waals surface area (Å²) in [6.45, 7) is 11.5. The van der Waals surface area contributed by atoms with E-state index in [-0.39, 0.29) is 18.1 Å². The van der Waals surface area contributed by atoms with Gasteiger partial charge in [-0.3, -0.25) is 9.69 Å². The summed E-state index contributed by atoms with van der Waals surface area (Å²) in [6.07, 6.45) is 0.467. The van der Waals surface area contributed by atoms with Crippen LogP contribution in [0.3, 0.4) is 0 Å². The maximum atomic E-state index is 12.3. The van der Waals surface area contributed by atoms with Gasteiger partial charge in [0, 0.05) is 31.7 Å². The lowest BCUT2D eigenvalue weighted by Gasteiger charge is -2.35. The molecule has 2 atom stereocenters. The first-order valence-electron chi connectivity index (χ1n) is 9.73. The quantitative estimate of drug-likeness (QED) is 0.787. The summed E-state index contributed by atoms with van der Waals surface area (Å²) < 4.78 is 16.6. The summed E-state index contributed by atoms with van der Waals surface area (Å²) in [4.78, 5) is 14.7. The van der Waals surface area contributed by atoms with Crippen LogP contribution in [0.4, 0.5) is 0 Å². The minimum absolute atomic E-state index is 0.0772. The summed E-state index contributed by atoms with van der Waals surface area (Å²) in [5.74, 6) is 1.39. The number of morpholine rings is 1. The minimum Gasteiger partial charge on any atom is -0.489 e. The van der Waals surface area contributed by atoms with Crippen molar-refractivity contribution >= 4 is 5.91 Å². The number of amides is 1. The molecule has 7 heteroatoms. The molecular formula is C21H29N3O4. The SMILES string of the molecule is Cc1noc(C)c1COc1ccc(C(=O)NCCN2C[C@H](C)O[C@@H](C)C2)cc1. The number of nitrogens with zero attached hydrogens (tertiary/aromatic N) is 2. The van der Waals surface area contributed by atoms with Crippen LogP contribution in [0.15, 0.2) is 28.8 Å². The first-order valence-corrected chi connectivity index (χ1v) is 9.73. The molecule has 1 amide bonds. The molecule has 1 aliphatic heterocycles. The van der Waals surface area contributed by atoms with Gasteiger partial charge in [0.1, 0.15) is 18.1 Å². The highest BCUT2D eigenvalue weighted by molar-refractivity contribution is 5.94. The molecule has 0 saturated carbocycles. The average Bonchev–Trinajstić information content (AvgIpc) is 2.97. The predicted molar refractivity (Wildman–Crippen MR) is 106 cm³/mol. The lowest BCUT2D eigenvalue weighted by atomic mass is 10.2. The molecule has 0 unspecified atom stereocenters.